The number of aromatic nitrogens is 1. The molecular weight excluding hydrogens is 378 g/mol. The highest BCUT2D eigenvalue weighted by molar-refractivity contribution is 7.90. The zero-order valence-corrected chi connectivity index (χ0v) is 15.8. The van der Waals surface area contributed by atoms with Crippen LogP contribution in [-0.4, -0.2) is 31.7 Å². The zero-order valence-electron chi connectivity index (χ0n) is 15.0. The van der Waals surface area contributed by atoms with Crippen molar-refractivity contribution >= 4 is 27.1 Å². The quantitative estimate of drug-likeness (QED) is 0.709. The van der Waals surface area contributed by atoms with Gasteiger partial charge < -0.3 is 10.6 Å². The van der Waals surface area contributed by atoms with Gasteiger partial charge in [-0.15, -0.1) is 0 Å². The minimum Gasteiger partial charge on any atom is -0.374 e. The van der Waals surface area contributed by atoms with E-state index in [1.807, 2.05) is 0 Å². The van der Waals surface area contributed by atoms with E-state index in [1.165, 1.54) is 10.8 Å². The summed E-state index contributed by atoms with van der Waals surface area (Å²) < 4.78 is 25.5. The number of carbonyl (C=O) groups excluding carboxylic acids is 1. The summed E-state index contributed by atoms with van der Waals surface area (Å²) in [7, 11) is -3.37. The molecule has 28 heavy (non-hydrogen) atoms. The summed E-state index contributed by atoms with van der Waals surface area (Å²) in [5, 5.41) is 5.50. The van der Waals surface area contributed by atoms with Crippen LogP contribution in [0.15, 0.2) is 70.5 Å². The molecule has 0 aliphatic carbocycles. The molecule has 1 aromatic heterocycles. The first-order chi connectivity index (χ1) is 13.3. The Bertz CT molecular complexity index is 1250. The Morgan fingerprint density at radius 2 is 1.68 bits per heavy atom. The third kappa shape index (κ3) is 3.18. The molecule has 7 nitrogen and oxygen atoms in total. The Kier molecular flexibility index (Phi) is 4.27. The maximum Gasteiger partial charge on any atom is 0.281 e. The summed E-state index contributed by atoms with van der Waals surface area (Å²) in [5.74, 6) is -0.268. The zero-order chi connectivity index (χ0) is 19.9. The highest BCUT2D eigenvalue weighted by atomic mass is 32.2. The molecule has 0 spiro atoms. The largest absolute Gasteiger partial charge is 0.374 e. The first kappa shape index (κ1) is 18.0. The third-order valence-corrected chi connectivity index (χ3v) is 5.69. The number of pyridine rings is 1. The average molecular weight is 395 g/mol. The monoisotopic (exact) mass is 395 g/mol. The number of hydrogen-bond donors (Lipinski definition) is 2. The summed E-state index contributed by atoms with van der Waals surface area (Å²) in [6.07, 6.45) is 2.81. The SMILES string of the molecule is CS(=O)(=O)c1ccccc1-c1ccc(-n2ccc3c(c2=O)NC(=O)CN3)cc1. The van der Waals surface area contributed by atoms with Gasteiger partial charge in [0.05, 0.1) is 17.1 Å². The van der Waals surface area contributed by atoms with Crippen LogP contribution in [0.2, 0.25) is 0 Å². The van der Waals surface area contributed by atoms with Gasteiger partial charge in [0.2, 0.25) is 5.91 Å². The van der Waals surface area contributed by atoms with Crippen molar-refractivity contribution < 1.29 is 13.2 Å². The maximum atomic E-state index is 12.7. The van der Waals surface area contributed by atoms with Crippen molar-refractivity contribution in [2.45, 2.75) is 4.90 Å². The number of amides is 1. The van der Waals surface area contributed by atoms with Crippen LogP contribution in [0, 0.1) is 0 Å². The predicted octanol–water partition coefficient (Wildman–Crippen LogP) is 2.27. The molecule has 0 saturated carbocycles. The summed E-state index contributed by atoms with van der Waals surface area (Å²) in [6, 6.07) is 15.5. The van der Waals surface area contributed by atoms with Crippen molar-refractivity contribution in [2.24, 2.45) is 0 Å². The Hall–Kier alpha value is -3.39. The van der Waals surface area contributed by atoms with E-state index in [2.05, 4.69) is 10.6 Å². The first-order valence-corrected chi connectivity index (χ1v) is 10.4. The predicted molar refractivity (Wildman–Crippen MR) is 108 cm³/mol. The molecule has 2 aromatic carbocycles. The molecule has 3 aromatic rings. The summed E-state index contributed by atoms with van der Waals surface area (Å²) in [4.78, 5) is 24.6. The van der Waals surface area contributed by atoms with E-state index in [0.29, 0.717) is 16.9 Å². The Balaban J connectivity index is 1.76. The van der Waals surface area contributed by atoms with E-state index < -0.39 is 9.84 Å². The molecule has 1 amide bonds. The van der Waals surface area contributed by atoms with Crippen LogP contribution in [0.25, 0.3) is 16.8 Å². The van der Waals surface area contributed by atoms with Crippen LogP contribution in [0.1, 0.15) is 0 Å². The van der Waals surface area contributed by atoms with E-state index >= 15 is 0 Å². The second-order valence-corrected chi connectivity index (χ2v) is 8.48. The van der Waals surface area contributed by atoms with Crippen LogP contribution >= 0.6 is 0 Å². The van der Waals surface area contributed by atoms with E-state index in [0.717, 1.165) is 5.56 Å². The number of benzene rings is 2. The minimum atomic E-state index is -3.37. The van der Waals surface area contributed by atoms with Crippen LogP contribution in [0.4, 0.5) is 11.4 Å². The number of sulfone groups is 1. The van der Waals surface area contributed by atoms with Crippen molar-refractivity contribution in [1.82, 2.24) is 4.57 Å². The van der Waals surface area contributed by atoms with Gasteiger partial charge >= 0.3 is 0 Å². The average Bonchev–Trinajstić information content (AvgIpc) is 2.68. The molecule has 0 saturated heterocycles. The fraction of sp³-hybridized carbons (Fsp3) is 0.100. The highest BCUT2D eigenvalue weighted by Gasteiger charge is 2.19. The summed E-state index contributed by atoms with van der Waals surface area (Å²) in [5.41, 5.74) is 2.39. The van der Waals surface area contributed by atoms with Crippen molar-refractivity contribution in [2.75, 3.05) is 23.4 Å². The van der Waals surface area contributed by atoms with E-state index in [-0.39, 0.29) is 28.6 Å². The molecule has 0 unspecified atom stereocenters. The molecule has 1 aliphatic heterocycles. The second-order valence-electron chi connectivity index (χ2n) is 6.50. The lowest BCUT2D eigenvalue weighted by atomic mass is 10.1. The van der Waals surface area contributed by atoms with Gasteiger partial charge in [-0.2, -0.15) is 0 Å². The normalized spacial score (nSPS) is 13.4. The number of nitrogens with zero attached hydrogens (tertiary/aromatic N) is 1. The number of carbonyl (C=O) groups is 1. The van der Waals surface area contributed by atoms with Gasteiger partial charge in [0.1, 0.15) is 5.69 Å². The van der Waals surface area contributed by atoms with Crippen LogP contribution in [0.5, 0.6) is 0 Å². The van der Waals surface area contributed by atoms with Crippen molar-refractivity contribution in [1.29, 1.82) is 0 Å². The molecule has 2 heterocycles. The lowest BCUT2D eigenvalue weighted by molar-refractivity contribution is -0.114. The minimum absolute atomic E-state index is 0.130. The summed E-state index contributed by atoms with van der Waals surface area (Å²) in [6.45, 7) is 0.130. The number of fused-ring (bicyclic) bond motifs is 1. The molecule has 4 rings (SSSR count). The molecule has 2 N–H and O–H groups in total. The molecule has 8 heteroatoms. The van der Waals surface area contributed by atoms with Gasteiger partial charge in [-0.1, -0.05) is 30.3 Å². The van der Waals surface area contributed by atoms with Gasteiger partial charge in [0, 0.05) is 23.7 Å². The van der Waals surface area contributed by atoms with Gasteiger partial charge in [0.15, 0.2) is 9.84 Å². The number of rotatable bonds is 3. The molecule has 142 valence electrons. The summed E-state index contributed by atoms with van der Waals surface area (Å²) >= 11 is 0. The van der Waals surface area contributed by atoms with Crippen LogP contribution < -0.4 is 16.2 Å². The fourth-order valence-corrected chi connectivity index (χ4v) is 4.11. The molecule has 0 bridgehead atoms. The van der Waals surface area contributed by atoms with E-state index in [1.54, 1.807) is 60.8 Å². The fourth-order valence-electron chi connectivity index (χ4n) is 3.20. The van der Waals surface area contributed by atoms with Crippen molar-refractivity contribution in [3.63, 3.8) is 0 Å². The lowest BCUT2D eigenvalue weighted by Crippen LogP contribution is -2.33. The van der Waals surface area contributed by atoms with Gasteiger partial charge in [-0.3, -0.25) is 14.2 Å². The molecule has 0 radical (unpaired) electrons. The lowest BCUT2D eigenvalue weighted by Gasteiger charge is -2.19. The Morgan fingerprint density at radius 1 is 0.964 bits per heavy atom. The smallest absolute Gasteiger partial charge is 0.281 e. The topological polar surface area (TPSA) is 97.3 Å². The van der Waals surface area contributed by atoms with Crippen LogP contribution in [-0.2, 0) is 14.6 Å². The Morgan fingerprint density at radius 3 is 2.39 bits per heavy atom. The van der Waals surface area contributed by atoms with E-state index in [4.69, 9.17) is 0 Å². The Labute approximate surface area is 161 Å². The van der Waals surface area contributed by atoms with Gasteiger partial charge in [-0.05, 0) is 29.8 Å². The highest BCUT2D eigenvalue weighted by Crippen LogP contribution is 2.28. The number of hydrogen-bond acceptors (Lipinski definition) is 5. The number of anilines is 2. The van der Waals surface area contributed by atoms with Gasteiger partial charge in [0.25, 0.3) is 5.56 Å². The standard InChI is InChI=1S/C20H17N3O4S/c1-28(26,27)17-5-3-2-4-15(17)13-6-8-14(9-7-13)23-11-10-16-19(20(23)25)22-18(24)12-21-16/h2-11,21H,12H2,1H3,(H,22,24). The molecular formula is C20H17N3O4S. The third-order valence-electron chi connectivity index (χ3n) is 4.54. The van der Waals surface area contributed by atoms with Crippen molar-refractivity contribution in [3.05, 3.63) is 71.1 Å². The van der Waals surface area contributed by atoms with E-state index in [9.17, 15) is 18.0 Å². The van der Waals surface area contributed by atoms with Gasteiger partial charge in [-0.25, -0.2) is 8.42 Å². The number of nitrogens with one attached hydrogen (secondary N) is 2. The van der Waals surface area contributed by atoms with Crippen molar-refractivity contribution in [3.8, 4) is 16.8 Å². The molecule has 1 aliphatic rings. The first-order valence-electron chi connectivity index (χ1n) is 8.54. The molecule has 0 fully saturated rings. The maximum absolute atomic E-state index is 12.7. The molecule has 0 atom stereocenters. The second kappa shape index (κ2) is 6.65. The van der Waals surface area contributed by atoms with Crippen LogP contribution in [0.3, 0.4) is 0 Å².